The highest BCUT2D eigenvalue weighted by molar-refractivity contribution is 5.87. The van der Waals surface area contributed by atoms with E-state index in [2.05, 4.69) is 19.2 Å². The fourth-order valence-corrected chi connectivity index (χ4v) is 6.70. The lowest BCUT2D eigenvalue weighted by molar-refractivity contribution is -0.118. The fraction of sp³-hybridized carbons (Fsp3) is 0.650. The quantitative estimate of drug-likeness (QED) is 0.832. The van der Waals surface area contributed by atoms with Crippen molar-refractivity contribution < 1.29 is 9.90 Å². The number of carboxylic acids is 1. The van der Waals surface area contributed by atoms with Gasteiger partial charge < -0.3 is 10.4 Å². The molecule has 0 heterocycles. The zero-order valence-corrected chi connectivity index (χ0v) is 15.4. The van der Waals surface area contributed by atoms with Gasteiger partial charge in [-0.15, -0.1) is 12.4 Å². The third-order valence-corrected chi connectivity index (χ3v) is 6.49. The first kappa shape index (κ1) is 17.8. The number of benzene rings is 1. The first-order chi connectivity index (χ1) is 10.8. The van der Waals surface area contributed by atoms with Gasteiger partial charge in [0.1, 0.15) is 0 Å². The molecule has 0 aromatic heterocycles. The molecule has 0 amide bonds. The number of carboxylic acid groups (broad SMARTS) is 1. The Morgan fingerprint density at radius 1 is 1.08 bits per heavy atom. The van der Waals surface area contributed by atoms with Gasteiger partial charge in [-0.25, -0.2) is 4.79 Å². The molecule has 3 nitrogen and oxygen atoms in total. The van der Waals surface area contributed by atoms with Crippen LogP contribution in [0.25, 0.3) is 0 Å². The van der Waals surface area contributed by atoms with Crippen LogP contribution in [0.1, 0.15) is 68.3 Å². The third kappa shape index (κ3) is 3.09. The van der Waals surface area contributed by atoms with Gasteiger partial charge >= 0.3 is 5.97 Å². The Balaban J connectivity index is 0.00000169. The van der Waals surface area contributed by atoms with Crippen molar-refractivity contribution in [2.24, 2.45) is 16.7 Å². The predicted octanol–water partition coefficient (Wildman–Crippen LogP) is 4.65. The zero-order chi connectivity index (χ0) is 16.3. The second kappa shape index (κ2) is 5.74. The van der Waals surface area contributed by atoms with Gasteiger partial charge in [0.05, 0.1) is 5.56 Å². The molecule has 4 bridgehead atoms. The molecule has 132 valence electrons. The van der Waals surface area contributed by atoms with Crippen molar-refractivity contribution in [3.63, 3.8) is 0 Å². The molecular weight excluding hydrogens is 322 g/mol. The van der Waals surface area contributed by atoms with Crippen LogP contribution in [0.5, 0.6) is 0 Å². The highest BCUT2D eigenvalue weighted by atomic mass is 35.5. The molecule has 0 spiro atoms. The van der Waals surface area contributed by atoms with Crippen molar-refractivity contribution in [3.8, 4) is 0 Å². The minimum atomic E-state index is -0.855. The van der Waals surface area contributed by atoms with E-state index in [-0.39, 0.29) is 12.4 Å². The van der Waals surface area contributed by atoms with E-state index in [1.165, 1.54) is 44.1 Å². The Morgan fingerprint density at radius 3 is 2.17 bits per heavy atom. The number of halogens is 1. The summed E-state index contributed by atoms with van der Waals surface area (Å²) in [5.41, 5.74) is 2.89. The fourth-order valence-electron chi connectivity index (χ4n) is 6.70. The minimum absolute atomic E-state index is 0. The molecule has 4 heteroatoms. The molecule has 4 fully saturated rings. The highest BCUT2D eigenvalue weighted by Gasteiger charge is 2.59. The summed E-state index contributed by atoms with van der Waals surface area (Å²) >= 11 is 0. The molecule has 0 radical (unpaired) electrons. The molecule has 0 aliphatic heterocycles. The van der Waals surface area contributed by atoms with E-state index < -0.39 is 5.97 Å². The van der Waals surface area contributed by atoms with Gasteiger partial charge in [0.25, 0.3) is 0 Å². The number of hydrogen-bond acceptors (Lipinski definition) is 2. The van der Waals surface area contributed by atoms with E-state index >= 15 is 0 Å². The highest BCUT2D eigenvalue weighted by Crippen LogP contribution is 2.66. The standard InChI is InChI=1S/C20H27NO2.ClH/c1-18-7-15-8-19(2,11-18)13-20(9-15,12-18)21-10-14-3-5-16(6-4-14)17(22)23;/h3-6,15,21H,7-13H2,1-2H3,(H,22,23);1H. The monoisotopic (exact) mass is 349 g/mol. The Morgan fingerprint density at radius 2 is 1.67 bits per heavy atom. The molecule has 1 aromatic rings. The maximum atomic E-state index is 11.0. The van der Waals surface area contributed by atoms with Gasteiger partial charge in [0.15, 0.2) is 0 Å². The zero-order valence-electron chi connectivity index (χ0n) is 14.6. The van der Waals surface area contributed by atoms with Crippen LogP contribution in [0, 0.1) is 16.7 Å². The van der Waals surface area contributed by atoms with Gasteiger partial charge in [0, 0.05) is 12.1 Å². The van der Waals surface area contributed by atoms with Crippen LogP contribution in [0.15, 0.2) is 24.3 Å². The lowest BCUT2D eigenvalue weighted by Crippen LogP contribution is -2.63. The van der Waals surface area contributed by atoms with Gasteiger partial charge in [0.2, 0.25) is 0 Å². The topological polar surface area (TPSA) is 49.3 Å². The summed E-state index contributed by atoms with van der Waals surface area (Å²) in [6.45, 7) is 5.83. The number of carbonyl (C=O) groups is 1. The lowest BCUT2D eigenvalue weighted by Gasteiger charge is -2.65. The van der Waals surface area contributed by atoms with E-state index in [4.69, 9.17) is 5.11 Å². The molecule has 2 atom stereocenters. The van der Waals surface area contributed by atoms with Crippen LogP contribution in [0.4, 0.5) is 0 Å². The molecule has 4 saturated carbocycles. The SMILES string of the molecule is CC12CC3CC(C)(C1)CC(NCc1ccc(C(=O)O)cc1)(C3)C2.Cl. The molecule has 2 N–H and O–H groups in total. The van der Waals surface area contributed by atoms with Crippen molar-refractivity contribution >= 4 is 18.4 Å². The average Bonchev–Trinajstić information content (AvgIpc) is 2.42. The summed E-state index contributed by atoms with van der Waals surface area (Å²) in [4.78, 5) is 11.0. The summed E-state index contributed by atoms with van der Waals surface area (Å²) in [7, 11) is 0. The van der Waals surface area contributed by atoms with Gasteiger partial charge in [-0.3, -0.25) is 0 Å². The van der Waals surface area contributed by atoms with Crippen LogP contribution in [-0.2, 0) is 6.54 Å². The second-order valence-corrected chi connectivity index (χ2v) is 9.27. The van der Waals surface area contributed by atoms with Crippen LogP contribution < -0.4 is 5.32 Å². The van der Waals surface area contributed by atoms with Crippen LogP contribution >= 0.6 is 12.4 Å². The summed E-state index contributed by atoms with van der Waals surface area (Å²) in [5.74, 6) is 0.0366. The van der Waals surface area contributed by atoms with E-state index in [1.807, 2.05) is 12.1 Å². The molecule has 2 unspecified atom stereocenters. The van der Waals surface area contributed by atoms with Crippen LogP contribution in [0.3, 0.4) is 0 Å². The molecular formula is C20H28ClNO2. The van der Waals surface area contributed by atoms with E-state index in [1.54, 1.807) is 12.1 Å². The van der Waals surface area contributed by atoms with Crippen molar-refractivity contribution in [2.45, 2.75) is 64.5 Å². The van der Waals surface area contributed by atoms with Gasteiger partial charge in [-0.05, 0) is 73.0 Å². The van der Waals surface area contributed by atoms with Crippen molar-refractivity contribution in [1.29, 1.82) is 0 Å². The summed E-state index contributed by atoms with van der Waals surface area (Å²) in [5, 5.41) is 12.9. The normalized spacial score (nSPS) is 39.5. The molecule has 0 saturated heterocycles. The Hall–Kier alpha value is -1.06. The molecule has 24 heavy (non-hydrogen) atoms. The second-order valence-electron chi connectivity index (χ2n) is 9.27. The van der Waals surface area contributed by atoms with E-state index in [0.29, 0.717) is 21.9 Å². The van der Waals surface area contributed by atoms with Gasteiger partial charge in [-0.2, -0.15) is 0 Å². The lowest BCUT2D eigenvalue weighted by atomic mass is 9.43. The van der Waals surface area contributed by atoms with E-state index in [9.17, 15) is 4.79 Å². The van der Waals surface area contributed by atoms with Crippen LogP contribution in [-0.4, -0.2) is 16.6 Å². The summed E-state index contributed by atoms with van der Waals surface area (Å²) in [6, 6.07) is 7.31. The van der Waals surface area contributed by atoms with Gasteiger partial charge in [-0.1, -0.05) is 26.0 Å². The maximum Gasteiger partial charge on any atom is 0.335 e. The Bertz CT molecular complexity index is 624. The summed E-state index contributed by atoms with van der Waals surface area (Å²) in [6.07, 6.45) is 8.16. The number of rotatable bonds is 4. The Labute approximate surface area is 150 Å². The number of aromatic carboxylic acids is 1. The first-order valence-electron chi connectivity index (χ1n) is 8.86. The molecule has 5 rings (SSSR count). The first-order valence-corrected chi connectivity index (χ1v) is 8.86. The maximum absolute atomic E-state index is 11.0. The Kier molecular flexibility index (Phi) is 4.25. The van der Waals surface area contributed by atoms with Crippen LogP contribution in [0.2, 0.25) is 0 Å². The minimum Gasteiger partial charge on any atom is -0.478 e. The van der Waals surface area contributed by atoms with E-state index in [0.717, 1.165) is 12.5 Å². The molecule has 1 aromatic carbocycles. The molecule has 4 aliphatic rings. The third-order valence-electron chi connectivity index (χ3n) is 6.49. The average molecular weight is 350 g/mol. The largest absolute Gasteiger partial charge is 0.478 e. The van der Waals surface area contributed by atoms with Crippen molar-refractivity contribution in [2.75, 3.05) is 0 Å². The smallest absolute Gasteiger partial charge is 0.335 e. The number of hydrogen-bond donors (Lipinski definition) is 2. The van der Waals surface area contributed by atoms with Crippen molar-refractivity contribution in [3.05, 3.63) is 35.4 Å². The molecule has 4 aliphatic carbocycles. The number of nitrogens with one attached hydrogen (secondary N) is 1. The predicted molar refractivity (Wildman–Crippen MR) is 97.6 cm³/mol. The van der Waals surface area contributed by atoms with Crippen molar-refractivity contribution in [1.82, 2.24) is 5.32 Å². The summed E-state index contributed by atoms with van der Waals surface area (Å²) < 4.78 is 0.